The third-order valence-electron chi connectivity index (χ3n) is 1.46. The van der Waals surface area contributed by atoms with Gasteiger partial charge in [-0.1, -0.05) is 0 Å². The second-order valence-corrected chi connectivity index (χ2v) is 3.18. The normalized spacial score (nSPS) is 10.8. The number of hydrogen-bond acceptors (Lipinski definition) is 3. The van der Waals surface area contributed by atoms with Crippen molar-refractivity contribution in [3.8, 4) is 5.75 Å². The van der Waals surface area contributed by atoms with Crippen LogP contribution in [0.5, 0.6) is 5.75 Å². The van der Waals surface area contributed by atoms with Gasteiger partial charge in [0, 0.05) is 11.0 Å². The molecule has 0 aromatic carbocycles. The predicted octanol–water partition coefficient (Wildman–Crippen LogP) is 1.95. The van der Waals surface area contributed by atoms with Crippen LogP contribution in [-0.4, -0.2) is 10.1 Å². The monoisotopic (exact) mass is 252 g/mol. The highest BCUT2D eigenvalue weighted by molar-refractivity contribution is 9.10. The number of nitrogens with two attached hydrogens (primary N) is 1. The summed E-state index contributed by atoms with van der Waals surface area (Å²) in [5, 5.41) is 9.07. The zero-order valence-corrected chi connectivity index (χ0v) is 8.05. The highest BCUT2D eigenvalue weighted by Gasteiger charge is 2.16. The molecular formula is C7H7BrF2N2O. The molecule has 1 aromatic rings. The van der Waals surface area contributed by atoms with Crippen molar-refractivity contribution in [1.82, 2.24) is 4.98 Å². The van der Waals surface area contributed by atoms with Gasteiger partial charge in [0.05, 0.1) is 5.69 Å². The predicted molar refractivity (Wildman–Crippen MR) is 46.5 cm³/mol. The maximum absolute atomic E-state index is 12.2. The summed E-state index contributed by atoms with van der Waals surface area (Å²) in [6, 6.07) is 1.16. The third-order valence-corrected chi connectivity index (χ3v) is 2.14. The molecule has 6 heteroatoms. The molecule has 0 atom stereocenters. The first kappa shape index (κ1) is 10.3. The first-order valence-corrected chi connectivity index (χ1v) is 4.22. The third kappa shape index (κ3) is 2.13. The second-order valence-electron chi connectivity index (χ2n) is 2.33. The number of pyridine rings is 1. The quantitative estimate of drug-likeness (QED) is 0.846. The van der Waals surface area contributed by atoms with Crippen LogP contribution in [-0.2, 0) is 6.54 Å². The van der Waals surface area contributed by atoms with E-state index in [2.05, 4.69) is 20.9 Å². The standard InChI is InChI=1S/C7H7BrF2N2O/c8-3-1-5(13)6(7(9)10)12-4(3)2-11/h1,7,13H,2,11H2. The molecule has 0 saturated carbocycles. The Morgan fingerprint density at radius 3 is 2.69 bits per heavy atom. The summed E-state index contributed by atoms with van der Waals surface area (Å²) in [5.74, 6) is -0.529. The van der Waals surface area contributed by atoms with Crippen LogP contribution in [0.15, 0.2) is 10.5 Å². The molecule has 0 bridgehead atoms. The Morgan fingerprint density at radius 1 is 1.62 bits per heavy atom. The van der Waals surface area contributed by atoms with Crippen LogP contribution in [0.4, 0.5) is 8.78 Å². The van der Waals surface area contributed by atoms with Crippen molar-refractivity contribution in [2.75, 3.05) is 0 Å². The number of nitrogens with zero attached hydrogens (tertiary/aromatic N) is 1. The minimum Gasteiger partial charge on any atom is -0.506 e. The molecule has 0 radical (unpaired) electrons. The Labute approximate surface area is 81.7 Å². The summed E-state index contributed by atoms with van der Waals surface area (Å²) >= 11 is 3.04. The van der Waals surface area contributed by atoms with Crippen molar-refractivity contribution < 1.29 is 13.9 Å². The highest BCUT2D eigenvalue weighted by atomic mass is 79.9. The van der Waals surface area contributed by atoms with Crippen LogP contribution in [0.25, 0.3) is 0 Å². The zero-order valence-electron chi connectivity index (χ0n) is 6.47. The fourth-order valence-corrected chi connectivity index (χ4v) is 1.30. The Balaban J connectivity index is 3.22. The Kier molecular flexibility index (Phi) is 3.16. The van der Waals surface area contributed by atoms with E-state index in [1.165, 1.54) is 0 Å². The van der Waals surface area contributed by atoms with E-state index in [-0.39, 0.29) is 6.54 Å². The number of halogens is 3. The topological polar surface area (TPSA) is 59.1 Å². The van der Waals surface area contributed by atoms with Gasteiger partial charge in [-0.15, -0.1) is 0 Å². The van der Waals surface area contributed by atoms with Gasteiger partial charge in [0.15, 0.2) is 0 Å². The van der Waals surface area contributed by atoms with Crippen molar-refractivity contribution in [3.63, 3.8) is 0 Å². The molecule has 0 fully saturated rings. The maximum Gasteiger partial charge on any atom is 0.284 e. The highest BCUT2D eigenvalue weighted by Crippen LogP contribution is 2.30. The fraction of sp³-hybridized carbons (Fsp3) is 0.286. The number of hydrogen-bond donors (Lipinski definition) is 2. The molecule has 72 valence electrons. The molecule has 0 saturated heterocycles. The number of alkyl halides is 2. The zero-order chi connectivity index (χ0) is 10.0. The smallest absolute Gasteiger partial charge is 0.284 e. The molecular weight excluding hydrogens is 246 g/mol. The Morgan fingerprint density at radius 2 is 2.23 bits per heavy atom. The molecule has 1 heterocycles. The molecule has 3 nitrogen and oxygen atoms in total. The van der Waals surface area contributed by atoms with E-state index in [4.69, 9.17) is 10.8 Å². The van der Waals surface area contributed by atoms with Crippen LogP contribution < -0.4 is 5.73 Å². The van der Waals surface area contributed by atoms with Gasteiger partial charge in [-0.25, -0.2) is 13.8 Å². The SMILES string of the molecule is NCc1nc(C(F)F)c(O)cc1Br. The Hall–Kier alpha value is -0.750. The van der Waals surface area contributed by atoms with Gasteiger partial charge in [0.1, 0.15) is 11.4 Å². The lowest BCUT2D eigenvalue weighted by Crippen LogP contribution is -2.03. The van der Waals surface area contributed by atoms with Crippen molar-refractivity contribution >= 4 is 15.9 Å². The van der Waals surface area contributed by atoms with E-state index in [0.717, 1.165) is 6.07 Å². The largest absolute Gasteiger partial charge is 0.506 e. The average molecular weight is 253 g/mol. The van der Waals surface area contributed by atoms with Crippen LogP contribution in [0.1, 0.15) is 17.8 Å². The van der Waals surface area contributed by atoms with Gasteiger partial charge in [-0.2, -0.15) is 0 Å². The van der Waals surface area contributed by atoms with Gasteiger partial charge in [-0.3, -0.25) is 0 Å². The lowest BCUT2D eigenvalue weighted by Gasteiger charge is -2.06. The molecule has 3 N–H and O–H groups in total. The van der Waals surface area contributed by atoms with E-state index in [9.17, 15) is 8.78 Å². The fourth-order valence-electron chi connectivity index (χ4n) is 0.837. The average Bonchev–Trinajstić information content (AvgIpc) is 2.03. The van der Waals surface area contributed by atoms with Gasteiger partial charge in [0.25, 0.3) is 6.43 Å². The van der Waals surface area contributed by atoms with Crippen molar-refractivity contribution in [2.45, 2.75) is 13.0 Å². The van der Waals surface area contributed by atoms with Gasteiger partial charge < -0.3 is 10.8 Å². The molecule has 0 unspecified atom stereocenters. The van der Waals surface area contributed by atoms with Gasteiger partial charge >= 0.3 is 0 Å². The van der Waals surface area contributed by atoms with Crippen molar-refractivity contribution in [1.29, 1.82) is 0 Å². The summed E-state index contributed by atoms with van der Waals surface area (Å²) in [5.41, 5.74) is 4.91. The van der Waals surface area contributed by atoms with E-state index < -0.39 is 17.9 Å². The number of rotatable bonds is 2. The Bertz CT molecular complexity index is 320. The lowest BCUT2D eigenvalue weighted by molar-refractivity contribution is 0.141. The second kappa shape index (κ2) is 3.97. The van der Waals surface area contributed by atoms with E-state index >= 15 is 0 Å². The van der Waals surface area contributed by atoms with Crippen LogP contribution in [0.3, 0.4) is 0 Å². The summed E-state index contributed by atoms with van der Waals surface area (Å²) in [6.07, 6.45) is -2.79. The summed E-state index contributed by atoms with van der Waals surface area (Å²) in [4.78, 5) is 3.52. The van der Waals surface area contributed by atoms with Crippen molar-refractivity contribution in [2.24, 2.45) is 5.73 Å². The van der Waals surface area contributed by atoms with E-state index in [1.807, 2.05) is 0 Å². The van der Waals surface area contributed by atoms with E-state index in [0.29, 0.717) is 10.2 Å². The minimum atomic E-state index is -2.79. The maximum atomic E-state index is 12.2. The molecule has 0 aliphatic heterocycles. The van der Waals surface area contributed by atoms with Crippen molar-refractivity contribution in [3.05, 3.63) is 21.9 Å². The molecule has 0 aliphatic carbocycles. The molecule has 1 rings (SSSR count). The molecule has 0 aliphatic rings. The van der Waals surface area contributed by atoms with Gasteiger partial charge in [0.2, 0.25) is 0 Å². The molecule has 13 heavy (non-hydrogen) atoms. The minimum absolute atomic E-state index is 0.0422. The molecule has 0 spiro atoms. The lowest BCUT2D eigenvalue weighted by atomic mass is 10.3. The molecule has 1 aromatic heterocycles. The van der Waals surface area contributed by atoms with Crippen LogP contribution >= 0.6 is 15.9 Å². The first-order valence-electron chi connectivity index (χ1n) is 3.42. The number of aromatic nitrogens is 1. The van der Waals surface area contributed by atoms with E-state index in [1.54, 1.807) is 0 Å². The van der Waals surface area contributed by atoms with Crippen LogP contribution in [0, 0.1) is 0 Å². The first-order chi connectivity index (χ1) is 6.06. The summed E-state index contributed by atoms with van der Waals surface area (Å²) < 4.78 is 24.8. The number of aromatic hydroxyl groups is 1. The van der Waals surface area contributed by atoms with Crippen LogP contribution in [0.2, 0.25) is 0 Å². The summed E-state index contributed by atoms with van der Waals surface area (Å²) in [7, 11) is 0. The summed E-state index contributed by atoms with van der Waals surface area (Å²) in [6.45, 7) is 0.0422. The van der Waals surface area contributed by atoms with Gasteiger partial charge in [-0.05, 0) is 22.0 Å². The molecule has 0 amide bonds.